The number of aromatic nitrogens is 1. The highest BCUT2D eigenvalue weighted by atomic mass is 16.5. The number of ether oxygens (including phenoxy) is 1. The summed E-state index contributed by atoms with van der Waals surface area (Å²) in [5.74, 6) is 0.455. The zero-order chi connectivity index (χ0) is 13.4. The molecule has 1 rings (SSSR count). The molecular formula is C12H20N4O2. The molecule has 6 heteroatoms. The molecule has 4 N–H and O–H groups in total. The Morgan fingerprint density at radius 2 is 2.44 bits per heavy atom. The van der Waals surface area contributed by atoms with Gasteiger partial charge in [0, 0.05) is 33.0 Å². The third kappa shape index (κ3) is 4.31. The van der Waals surface area contributed by atoms with Crippen LogP contribution in [0.2, 0.25) is 0 Å². The fourth-order valence-electron chi connectivity index (χ4n) is 1.66. The number of rotatable bonds is 7. The van der Waals surface area contributed by atoms with Crippen molar-refractivity contribution in [1.82, 2.24) is 10.3 Å². The Bertz CT molecular complexity index is 395. The maximum atomic E-state index is 8.68. The second kappa shape index (κ2) is 7.62. The molecule has 0 radical (unpaired) electrons. The summed E-state index contributed by atoms with van der Waals surface area (Å²) in [4.78, 5) is 4.10. The van der Waals surface area contributed by atoms with E-state index in [0.29, 0.717) is 24.8 Å². The molecule has 0 spiro atoms. The number of oxime groups is 1. The molecule has 1 aromatic rings. The van der Waals surface area contributed by atoms with Gasteiger partial charge in [0.2, 0.25) is 0 Å². The van der Waals surface area contributed by atoms with Crippen molar-refractivity contribution < 1.29 is 9.94 Å². The Hall–Kier alpha value is -1.66. The molecule has 100 valence electrons. The highest BCUT2D eigenvalue weighted by Crippen LogP contribution is 2.05. The van der Waals surface area contributed by atoms with Crippen LogP contribution in [0, 0.1) is 5.92 Å². The predicted molar refractivity (Wildman–Crippen MR) is 69.5 cm³/mol. The minimum Gasteiger partial charge on any atom is -0.409 e. The van der Waals surface area contributed by atoms with Crippen LogP contribution in [0.5, 0.6) is 0 Å². The van der Waals surface area contributed by atoms with E-state index in [1.807, 2.05) is 12.1 Å². The maximum Gasteiger partial charge on any atom is 0.189 e. The molecule has 0 aliphatic rings. The lowest BCUT2D eigenvalue weighted by atomic mass is 10.1. The van der Waals surface area contributed by atoms with Gasteiger partial charge in [-0.2, -0.15) is 0 Å². The van der Waals surface area contributed by atoms with Crippen molar-refractivity contribution in [1.29, 1.82) is 0 Å². The van der Waals surface area contributed by atoms with Crippen LogP contribution < -0.4 is 11.1 Å². The second-order valence-electron chi connectivity index (χ2n) is 4.19. The Morgan fingerprint density at radius 3 is 3.11 bits per heavy atom. The number of nitrogens with zero attached hydrogens (tertiary/aromatic N) is 2. The second-order valence-corrected chi connectivity index (χ2v) is 4.19. The summed E-state index contributed by atoms with van der Waals surface area (Å²) in [5.41, 5.74) is 6.97. The van der Waals surface area contributed by atoms with E-state index >= 15 is 0 Å². The van der Waals surface area contributed by atoms with E-state index in [1.165, 1.54) is 0 Å². The van der Waals surface area contributed by atoms with E-state index in [4.69, 9.17) is 15.7 Å². The van der Waals surface area contributed by atoms with E-state index in [1.54, 1.807) is 13.3 Å². The molecule has 0 aromatic carbocycles. The number of hydrogen-bond donors (Lipinski definition) is 3. The van der Waals surface area contributed by atoms with Gasteiger partial charge in [0.05, 0.1) is 0 Å². The molecule has 1 heterocycles. The molecule has 1 aromatic heterocycles. The Kier molecular flexibility index (Phi) is 6.10. The first-order valence-corrected chi connectivity index (χ1v) is 5.80. The van der Waals surface area contributed by atoms with E-state index < -0.39 is 0 Å². The molecule has 0 saturated heterocycles. The average Bonchev–Trinajstić information content (AvgIpc) is 2.39. The van der Waals surface area contributed by atoms with Gasteiger partial charge in [-0.25, -0.2) is 0 Å². The van der Waals surface area contributed by atoms with Crippen molar-refractivity contribution in [2.45, 2.75) is 13.5 Å². The first-order valence-electron chi connectivity index (χ1n) is 5.80. The SMILES string of the molecule is COCC(C)CNCc1cccnc1C(N)=NO. The highest BCUT2D eigenvalue weighted by Gasteiger charge is 2.08. The third-order valence-corrected chi connectivity index (χ3v) is 2.50. The van der Waals surface area contributed by atoms with Gasteiger partial charge in [-0.3, -0.25) is 4.98 Å². The average molecular weight is 252 g/mol. The maximum absolute atomic E-state index is 8.68. The van der Waals surface area contributed by atoms with Gasteiger partial charge in [0.15, 0.2) is 5.84 Å². The van der Waals surface area contributed by atoms with Crippen molar-refractivity contribution in [2.24, 2.45) is 16.8 Å². The lowest BCUT2D eigenvalue weighted by Crippen LogP contribution is -2.25. The molecule has 6 nitrogen and oxygen atoms in total. The van der Waals surface area contributed by atoms with Gasteiger partial charge in [0.25, 0.3) is 0 Å². The largest absolute Gasteiger partial charge is 0.409 e. The van der Waals surface area contributed by atoms with E-state index in [2.05, 4.69) is 22.4 Å². The number of pyridine rings is 1. The standard InChI is InChI=1S/C12H20N4O2/c1-9(8-18-2)6-14-7-10-4-3-5-15-11(10)12(13)16-17/h3-5,9,14,17H,6-8H2,1-2H3,(H2,13,16). The summed E-state index contributed by atoms with van der Waals surface area (Å²) in [6.45, 7) is 4.27. The van der Waals surface area contributed by atoms with Gasteiger partial charge in [-0.15, -0.1) is 0 Å². The first kappa shape index (κ1) is 14.4. The summed E-state index contributed by atoms with van der Waals surface area (Å²) >= 11 is 0. The first-order chi connectivity index (χ1) is 8.69. The summed E-state index contributed by atoms with van der Waals surface area (Å²) in [7, 11) is 1.69. The van der Waals surface area contributed by atoms with Crippen molar-refractivity contribution >= 4 is 5.84 Å². The molecule has 1 unspecified atom stereocenters. The number of methoxy groups -OCH3 is 1. The lowest BCUT2D eigenvalue weighted by Gasteiger charge is -2.12. The zero-order valence-corrected chi connectivity index (χ0v) is 10.8. The van der Waals surface area contributed by atoms with Crippen molar-refractivity contribution in [3.63, 3.8) is 0 Å². The van der Waals surface area contributed by atoms with Crippen LogP contribution in [0.15, 0.2) is 23.5 Å². The van der Waals surface area contributed by atoms with Crippen LogP contribution >= 0.6 is 0 Å². The van der Waals surface area contributed by atoms with E-state index in [9.17, 15) is 0 Å². The van der Waals surface area contributed by atoms with Crippen LogP contribution in [-0.4, -0.2) is 36.3 Å². The Morgan fingerprint density at radius 1 is 1.67 bits per heavy atom. The zero-order valence-electron chi connectivity index (χ0n) is 10.8. The minimum absolute atomic E-state index is 0.0253. The van der Waals surface area contributed by atoms with Crippen molar-refractivity contribution in [3.8, 4) is 0 Å². The number of hydrogen-bond acceptors (Lipinski definition) is 5. The monoisotopic (exact) mass is 252 g/mol. The van der Waals surface area contributed by atoms with Crippen LogP contribution in [-0.2, 0) is 11.3 Å². The summed E-state index contributed by atoms with van der Waals surface area (Å²) < 4.78 is 5.06. The third-order valence-electron chi connectivity index (χ3n) is 2.50. The fraction of sp³-hybridized carbons (Fsp3) is 0.500. The molecule has 1 atom stereocenters. The number of nitrogens with two attached hydrogens (primary N) is 1. The Labute approximate surface area is 107 Å². The quantitative estimate of drug-likeness (QED) is 0.285. The van der Waals surface area contributed by atoms with Gasteiger partial charge >= 0.3 is 0 Å². The van der Waals surface area contributed by atoms with Crippen LogP contribution in [0.4, 0.5) is 0 Å². The normalized spacial score (nSPS) is 13.6. The molecule has 0 bridgehead atoms. The molecule has 0 fully saturated rings. The van der Waals surface area contributed by atoms with Gasteiger partial charge in [-0.1, -0.05) is 18.1 Å². The van der Waals surface area contributed by atoms with Crippen LogP contribution in [0.25, 0.3) is 0 Å². The van der Waals surface area contributed by atoms with Gasteiger partial charge in [0.1, 0.15) is 5.69 Å². The molecular weight excluding hydrogens is 232 g/mol. The number of amidine groups is 1. The van der Waals surface area contributed by atoms with Crippen LogP contribution in [0.3, 0.4) is 0 Å². The lowest BCUT2D eigenvalue weighted by molar-refractivity contribution is 0.158. The van der Waals surface area contributed by atoms with Gasteiger partial charge < -0.3 is 21.0 Å². The summed E-state index contributed by atoms with van der Waals surface area (Å²) in [5, 5.41) is 15.0. The predicted octanol–water partition coefficient (Wildman–Crippen LogP) is 0.548. The molecule has 18 heavy (non-hydrogen) atoms. The summed E-state index contributed by atoms with van der Waals surface area (Å²) in [6.07, 6.45) is 1.62. The highest BCUT2D eigenvalue weighted by molar-refractivity contribution is 5.96. The van der Waals surface area contributed by atoms with E-state index in [-0.39, 0.29) is 5.84 Å². The molecule has 0 amide bonds. The molecule has 0 aliphatic heterocycles. The minimum atomic E-state index is 0.0253. The van der Waals surface area contributed by atoms with Crippen LogP contribution in [0.1, 0.15) is 18.2 Å². The number of nitrogens with one attached hydrogen (secondary N) is 1. The summed E-state index contributed by atoms with van der Waals surface area (Å²) in [6, 6.07) is 3.72. The van der Waals surface area contributed by atoms with Gasteiger partial charge in [-0.05, 0) is 17.5 Å². The fourth-order valence-corrected chi connectivity index (χ4v) is 1.66. The van der Waals surface area contributed by atoms with Crippen molar-refractivity contribution in [2.75, 3.05) is 20.3 Å². The molecule has 0 saturated carbocycles. The molecule has 0 aliphatic carbocycles. The Balaban J connectivity index is 2.57. The topological polar surface area (TPSA) is 92.8 Å². The van der Waals surface area contributed by atoms with E-state index in [0.717, 1.165) is 12.1 Å². The van der Waals surface area contributed by atoms with Crippen molar-refractivity contribution in [3.05, 3.63) is 29.6 Å². The smallest absolute Gasteiger partial charge is 0.189 e.